The third-order valence-corrected chi connectivity index (χ3v) is 2.74. The Bertz CT molecular complexity index is 642. The van der Waals surface area contributed by atoms with Gasteiger partial charge in [-0.2, -0.15) is 10.2 Å². The minimum atomic E-state index is -0.348. The Morgan fingerprint density at radius 1 is 1.30 bits per heavy atom. The zero-order valence-corrected chi connectivity index (χ0v) is 11.5. The van der Waals surface area contributed by atoms with Crippen LogP contribution >= 0.6 is 0 Å². The summed E-state index contributed by atoms with van der Waals surface area (Å²) in [6.45, 7) is 2.50. The van der Waals surface area contributed by atoms with Crippen LogP contribution in [0.15, 0.2) is 18.6 Å². The fourth-order valence-electron chi connectivity index (χ4n) is 1.69. The van der Waals surface area contributed by atoms with E-state index in [9.17, 15) is 9.59 Å². The molecule has 8 nitrogen and oxygen atoms in total. The van der Waals surface area contributed by atoms with E-state index in [1.807, 2.05) is 6.92 Å². The summed E-state index contributed by atoms with van der Waals surface area (Å²) in [6, 6.07) is 0. The molecule has 106 valence electrons. The van der Waals surface area contributed by atoms with Gasteiger partial charge < -0.3 is 10.6 Å². The number of carbonyl (C=O) groups excluding carboxylic acids is 2. The summed E-state index contributed by atoms with van der Waals surface area (Å²) in [7, 11) is 3.24. The maximum atomic E-state index is 12.1. The summed E-state index contributed by atoms with van der Waals surface area (Å²) in [5, 5.41) is 13.2. The molecule has 0 atom stereocenters. The molecule has 20 heavy (non-hydrogen) atoms. The smallest absolute Gasteiger partial charge is 0.273 e. The Balaban J connectivity index is 2.26. The lowest BCUT2D eigenvalue weighted by Gasteiger charge is -2.02. The topological polar surface area (TPSA) is 93.8 Å². The normalized spacial score (nSPS) is 10.3. The molecule has 0 bridgehead atoms. The van der Waals surface area contributed by atoms with E-state index < -0.39 is 0 Å². The van der Waals surface area contributed by atoms with Gasteiger partial charge in [-0.3, -0.25) is 19.0 Å². The van der Waals surface area contributed by atoms with Gasteiger partial charge in [-0.25, -0.2) is 0 Å². The van der Waals surface area contributed by atoms with Crippen LogP contribution in [0.25, 0.3) is 0 Å². The van der Waals surface area contributed by atoms with Crippen molar-refractivity contribution in [1.82, 2.24) is 24.9 Å². The number of hydrogen-bond donors (Lipinski definition) is 2. The molecule has 2 heterocycles. The fourth-order valence-corrected chi connectivity index (χ4v) is 1.69. The summed E-state index contributed by atoms with van der Waals surface area (Å²) < 4.78 is 3.12. The second-order valence-electron chi connectivity index (χ2n) is 4.18. The molecule has 0 fully saturated rings. The number of nitrogens with zero attached hydrogens (tertiary/aromatic N) is 4. The van der Waals surface area contributed by atoms with E-state index in [-0.39, 0.29) is 17.5 Å². The quantitative estimate of drug-likeness (QED) is 0.837. The summed E-state index contributed by atoms with van der Waals surface area (Å²) in [6.07, 6.45) is 4.68. The highest BCUT2D eigenvalue weighted by atomic mass is 16.2. The van der Waals surface area contributed by atoms with Gasteiger partial charge >= 0.3 is 0 Å². The zero-order chi connectivity index (χ0) is 14.7. The molecular formula is C12H16N6O2. The van der Waals surface area contributed by atoms with Gasteiger partial charge in [0.15, 0.2) is 5.69 Å². The van der Waals surface area contributed by atoms with E-state index >= 15 is 0 Å². The van der Waals surface area contributed by atoms with Gasteiger partial charge in [0.25, 0.3) is 11.8 Å². The van der Waals surface area contributed by atoms with Crippen LogP contribution in [0.5, 0.6) is 0 Å². The molecule has 0 spiro atoms. The summed E-state index contributed by atoms with van der Waals surface area (Å²) >= 11 is 0. The summed E-state index contributed by atoms with van der Waals surface area (Å²) in [4.78, 5) is 23.8. The SMILES string of the molecule is CCn1cc(NC(=O)c2cnn(C)c2)c(C(=O)NC)n1. The van der Waals surface area contributed by atoms with Crippen molar-refractivity contribution < 1.29 is 9.59 Å². The Kier molecular flexibility index (Phi) is 3.83. The number of nitrogens with one attached hydrogen (secondary N) is 2. The van der Waals surface area contributed by atoms with E-state index in [1.165, 1.54) is 17.9 Å². The van der Waals surface area contributed by atoms with Crippen molar-refractivity contribution in [3.8, 4) is 0 Å². The van der Waals surface area contributed by atoms with Crippen LogP contribution in [-0.2, 0) is 13.6 Å². The van der Waals surface area contributed by atoms with Crippen LogP contribution in [0.2, 0.25) is 0 Å². The van der Waals surface area contributed by atoms with E-state index in [0.717, 1.165) is 0 Å². The standard InChI is InChI=1S/C12H16N6O2/c1-4-18-7-9(10(16-18)12(20)13-2)15-11(19)8-5-14-17(3)6-8/h5-7H,4H2,1-3H3,(H,13,20)(H,15,19). The van der Waals surface area contributed by atoms with Gasteiger partial charge in [0, 0.05) is 33.0 Å². The van der Waals surface area contributed by atoms with Crippen molar-refractivity contribution in [2.75, 3.05) is 12.4 Å². The number of hydrogen-bond acceptors (Lipinski definition) is 4. The van der Waals surface area contributed by atoms with Crippen molar-refractivity contribution in [1.29, 1.82) is 0 Å². The maximum absolute atomic E-state index is 12.1. The van der Waals surface area contributed by atoms with Crippen molar-refractivity contribution in [3.05, 3.63) is 29.8 Å². The van der Waals surface area contributed by atoms with Crippen LogP contribution in [0.4, 0.5) is 5.69 Å². The molecule has 0 saturated heterocycles. The largest absolute Gasteiger partial charge is 0.354 e. The van der Waals surface area contributed by atoms with Crippen LogP contribution in [-0.4, -0.2) is 38.4 Å². The third kappa shape index (κ3) is 2.68. The molecule has 2 rings (SSSR count). The lowest BCUT2D eigenvalue weighted by molar-refractivity contribution is 0.0958. The number of anilines is 1. The lowest BCUT2D eigenvalue weighted by atomic mass is 10.3. The van der Waals surface area contributed by atoms with Crippen LogP contribution in [0, 0.1) is 0 Å². The molecule has 0 aliphatic heterocycles. The number of amides is 2. The van der Waals surface area contributed by atoms with Gasteiger partial charge in [0.2, 0.25) is 0 Å². The van der Waals surface area contributed by atoms with Crippen molar-refractivity contribution in [3.63, 3.8) is 0 Å². The number of rotatable bonds is 4. The molecule has 0 unspecified atom stereocenters. The average molecular weight is 276 g/mol. The highest BCUT2D eigenvalue weighted by Gasteiger charge is 2.18. The minimum Gasteiger partial charge on any atom is -0.354 e. The molecule has 2 aromatic heterocycles. The van der Waals surface area contributed by atoms with Gasteiger partial charge in [-0.05, 0) is 6.92 Å². The molecule has 8 heteroatoms. The maximum Gasteiger partial charge on any atom is 0.273 e. The van der Waals surface area contributed by atoms with Crippen LogP contribution in [0.1, 0.15) is 27.8 Å². The Hall–Kier alpha value is -2.64. The summed E-state index contributed by atoms with van der Waals surface area (Å²) in [5.74, 6) is -0.683. The van der Waals surface area contributed by atoms with Gasteiger partial charge in [0.05, 0.1) is 17.4 Å². The molecule has 0 aromatic carbocycles. The second kappa shape index (κ2) is 5.55. The molecule has 2 N–H and O–H groups in total. The van der Waals surface area contributed by atoms with Crippen LogP contribution in [0.3, 0.4) is 0 Å². The molecule has 0 aliphatic carbocycles. The van der Waals surface area contributed by atoms with Gasteiger partial charge in [-0.1, -0.05) is 0 Å². The van der Waals surface area contributed by atoms with E-state index in [4.69, 9.17) is 0 Å². The third-order valence-electron chi connectivity index (χ3n) is 2.74. The Morgan fingerprint density at radius 3 is 2.60 bits per heavy atom. The Morgan fingerprint density at radius 2 is 2.05 bits per heavy atom. The average Bonchev–Trinajstić information content (AvgIpc) is 3.04. The predicted octanol–water partition coefficient (Wildman–Crippen LogP) is 0.248. The molecule has 2 aromatic rings. The van der Waals surface area contributed by atoms with Gasteiger partial charge in [-0.15, -0.1) is 0 Å². The van der Waals surface area contributed by atoms with Gasteiger partial charge in [0.1, 0.15) is 0 Å². The molecule has 0 radical (unpaired) electrons. The first kappa shape index (κ1) is 13.8. The molecule has 0 saturated carbocycles. The summed E-state index contributed by atoms with van der Waals surface area (Å²) in [5.41, 5.74) is 0.978. The highest BCUT2D eigenvalue weighted by Crippen LogP contribution is 2.15. The predicted molar refractivity (Wildman–Crippen MR) is 72.5 cm³/mol. The molecular weight excluding hydrogens is 260 g/mol. The number of carbonyl (C=O) groups is 2. The number of aromatic nitrogens is 4. The van der Waals surface area contributed by atoms with Crippen molar-refractivity contribution in [2.45, 2.75) is 13.5 Å². The highest BCUT2D eigenvalue weighted by molar-refractivity contribution is 6.07. The zero-order valence-electron chi connectivity index (χ0n) is 11.5. The van der Waals surface area contributed by atoms with E-state index in [2.05, 4.69) is 20.8 Å². The van der Waals surface area contributed by atoms with E-state index in [1.54, 1.807) is 24.1 Å². The van der Waals surface area contributed by atoms with Crippen molar-refractivity contribution >= 4 is 17.5 Å². The molecule has 2 amide bonds. The van der Waals surface area contributed by atoms with Crippen molar-refractivity contribution in [2.24, 2.45) is 7.05 Å². The number of aryl methyl sites for hydroxylation is 2. The minimum absolute atomic E-state index is 0.187. The fraction of sp³-hybridized carbons (Fsp3) is 0.333. The van der Waals surface area contributed by atoms with E-state index in [0.29, 0.717) is 17.8 Å². The molecule has 0 aliphatic rings. The monoisotopic (exact) mass is 276 g/mol. The Labute approximate surface area is 115 Å². The second-order valence-corrected chi connectivity index (χ2v) is 4.18. The van der Waals surface area contributed by atoms with Crippen LogP contribution < -0.4 is 10.6 Å². The first-order valence-electron chi connectivity index (χ1n) is 6.14. The lowest BCUT2D eigenvalue weighted by Crippen LogP contribution is -2.21. The first-order chi connectivity index (χ1) is 9.55. The first-order valence-corrected chi connectivity index (χ1v) is 6.14.